The summed E-state index contributed by atoms with van der Waals surface area (Å²) in [6, 6.07) is 2.90. The number of aryl methyl sites for hydroxylation is 1. The summed E-state index contributed by atoms with van der Waals surface area (Å²) >= 11 is 11.7. The van der Waals surface area contributed by atoms with Crippen LogP contribution in [0.1, 0.15) is 17.5 Å². The molecule has 1 atom stereocenters. The molecule has 2 nitrogen and oxygen atoms in total. The molecule has 1 aromatic rings. The average Bonchev–Trinajstić information content (AvgIpc) is 2.57. The maximum atomic E-state index is 14.0. The van der Waals surface area contributed by atoms with Gasteiger partial charge in [0.1, 0.15) is 17.7 Å². The number of hydrogen-bond donors (Lipinski definition) is 1. The minimum atomic E-state index is -0.332. The molecule has 122 valence electrons. The third-order valence-corrected chi connectivity index (χ3v) is 3.94. The van der Waals surface area contributed by atoms with Crippen LogP contribution in [-0.2, 0) is 6.42 Å². The molecule has 0 spiro atoms. The lowest BCUT2D eigenvalue weighted by Crippen LogP contribution is -2.31. The minimum absolute atomic E-state index is 0.0798. The second-order valence-electron chi connectivity index (χ2n) is 5.10. The summed E-state index contributed by atoms with van der Waals surface area (Å²) in [6.45, 7) is 4.01. The Morgan fingerprint density at radius 2 is 2.30 bits per heavy atom. The van der Waals surface area contributed by atoms with Gasteiger partial charge in [0.2, 0.25) is 0 Å². The summed E-state index contributed by atoms with van der Waals surface area (Å²) in [5.74, 6) is 0.617. The van der Waals surface area contributed by atoms with E-state index in [1.165, 1.54) is 18.2 Å². The summed E-state index contributed by atoms with van der Waals surface area (Å²) in [5, 5.41) is 0.323. The fourth-order valence-corrected chi connectivity index (χ4v) is 2.61. The van der Waals surface area contributed by atoms with Crippen molar-refractivity contribution in [1.29, 1.82) is 0 Å². The van der Waals surface area contributed by atoms with Crippen LogP contribution < -0.4 is 10.5 Å². The summed E-state index contributed by atoms with van der Waals surface area (Å²) in [6.07, 6.45) is 6.34. The first kappa shape index (κ1) is 17.8. The number of fused-ring (bicyclic) bond motifs is 1. The Morgan fingerprint density at radius 3 is 2.96 bits per heavy atom. The summed E-state index contributed by atoms with van der Waals surface area (Å²) in [7, 11) is 0. The lowest BCUT2D eigenvalue weighted by Gasteiger charge is -2.27. The second-order valence-corrected chi connectivity index (χ2v) is 5.82. The molecule has 23 heavy (non-hydrogen) atoms. The molecule has 0 amide bonds. The van der Waals surface area contributed by atoms with E-state index >= 15 is 0 Å². The van der Waals surface area contributed by atoms with Crippen molar-refractivity contribution in [2.24, 2.45) is 5.73 Å². The van der Waals surface area contributed by atoms with Gasteiger partial charge in [-0.1, -0.05) is 30.0 Å². The molecule has 1 heterocycles. The fraction of sp³-hybridized carbons (Fsp3) is 0.278. The molecule has 0 saturated heterocycles. The van der Waals surface area contributed by atoms with Gasteiger partial charge in [-0.2, -0.15) is 0 Å². The Kier molecular flexibility index (Phi) is 6.49. The third kappa shape index (κ3) is 4.49. The highest BCUT2D eigenvalue weighted by Crippen LogP contribution is 2.36. The third-order valence-electron chi connectivity index (χ3n) is 3.51. The van der Waals surface area contributed by atoms with Crippen molar-refractivity contribution < 1.29 is 9.13 Å². The van der Waals surface area contributed by atoms with Crippen molar-refractivity contribution in [3.05, 3.63) is 64.6 Å². The number of benzene rings is 1. The molecule has 1 aliphatic heterocycles. The number of alkyl halides is 1. The van der Waals surface area contributed by atoms with E-state index in [2.05, 4.69) is 12.3 Å². The van der Waals surface area contributed by atoms with Gasteiger partial charge in [0, 0.05) is 23.6 Å². The van der Waals surface area contributed by atoms with Gasteiger partial charge in [0.15, 0.2) is 0 Å². The molecule has 1 aliphatic rings. The van der Waals surface area contributed by atoms with E-state index in [1.54, 1.807) is 12.2 Å². The molecular formula is C18H18Cl2FNO. The standard InChI is InChI=1S/C18H18Cl2FNO/c1-2-14(20)8-12(4-3-7-19)17-10-15(21)9-13-5-6-16(11-22)23-18(13)17/h2-4,9-10,16H,1,5-7,11,22H2/b4-3-/t8?,16-/m1/s1. The van der Waals surface area contributed by atoms with Crippen LogP contribution in [0, 0.1) is 5.82 Å². The zero-order valence-electron chi connectivity index (χ0n) is 12.6. The lowest BCUT2D eigenvalue weighted by molar-refractivity contribution is 0.180. The highest BCUT2D eigenvalue weighted by Gasteiger charge is 2.23. The molecule has 0 radical (unpaired) electrons. The van der Waals surface area contributed by atoms with Crippen LogP contribution in [0.5, 0.6) is 5.75 Å². The number of ether oxygens (including phenoxy) is 1. The van der Waals surface area contributed by atoms with Crippen molar-refractivity contribution in [1.82, 2.24) is 0 Å². The fourth-order valence-electron chi connectivity index (χ4n) is 2.42. The van der Waals surface area contributed by atoms with Gasteiger partial charge in [-0.3, -0.25) is 0 Å². The summed E-state index contributed by atoms with van der Waals surface area (Å²) in [5.41, 5.74) is 10.7. The Hall–Kier alpha value is -1.51. The van der Waals surface area contributed by atoms with Crippen LogP contribution in [0.3, 0.4) is 0 Å². The SMILES string of the molecule is C=CC(Cl)=C=C(/C=C\CCl)c1cc(F)cc2c1O[C@@H](CN)CC2. The van der Waals surface area contributed by atoms with Crippen molar-refractivity contribution in [3.63, 3.8) is 0 Å². The lowest BCUT2D eigenvalue weighted by atomic mass is 9.95. The molecule has 0 aliphatic carbocycles. The van der Waals surface area contributed by atoms with E-state index in [4.69, 9.17) is 33.7 Å². The Balaban J connectivity index is 2.64. The first-order chi connectivity index (χ1) is 11.1. The quantitative estimate of drug-likeness (QED) is 0.478. The van der Waals surface area contributed by atoms with Gasteiger partial charge in [0.25, 0.3) is 0 Å². The summed E-state index contributed by atoms with van der Waals surface area (Å²) < 4.78 is 20.0. The van der Waals surface area contributed by atoms with Crippen molar-refractivity contribution in [2.75, 3.05) is 12.4 Å². The topological polar surface area (TPSA) is 35.2 Å². The molecule has 0 bridgehead atoms. The zero-order chi connectivity index (χ0) is 16.8. The van der Waals surface area contributed by atoms with Gasteiger partial charge in [-0.15, -0.1) is 11.6 Å². The first-order valence-electron chi connectivity index (χ1n) is 7.30. The number of halogens is 3. The van der Waals surface area contributed by atoms with Crippen LogP contribution in [0.2, 0.25) is 0 Å². The van der Waals surface area contributed by atoms with E-state index < -0.39 is 0 Å². The van der Waals surface area contributed by atoms with Crippen LogP contribution >= 0.6 is 23.2 Å². The Labute approximate surface area is 145 Å². The predicted molar refractivity (Wildman–Crippen MR) is 94.5 cm³/mol. The van der Waals surface area contributed by atoms with Crippen molar-refractivity contribution >= 4 is 28.8 Å². The van der Waals surface area contributed by atoms with E-state index in [1.807, 2.05) is 0 Å². The van der Waals surface area contributed by atoms with Gasteiger partial charge in [-0.25, -0.2) is 4.39 Å². The van der Waals surface area contributed by atoms with Gasteiger partial charge in [0.05, 0.1) is 5.03 Å². The van der Waals surface area contributed by atoms with Crippen LogP contribution in [0.15, 0.2) is 47.7 Å². The first-order valence-corrected chi connectivity index (χ1v) is 8.21. The van der Waals surface area contributed by atoms with E-state index in [9.17, 15) is 4.39 Å². The minimum Gasteiger partial charge on any atom is -0.488 e. The molecule has 0 unspecified atom stereocenters. The van der Waals surface area contributed by atoms with Gasteiger partial charge >= 0.3 is 0 Å². The number of allylic oxidation sites excluding steroid dienone is 4. The van der Waals surface area contributed by atoms with Gasteiger partial charge < -0.3 is 10.5 Å². The molecule has 2 N–H and O–H groups in total. The highest BCUT2D eigenvalue weighted by molar-refractivity contribution is 6.31. The van der Waals surface area contributed by atoms with Crippen LogP contribution in [0.25, 0.3) is 5.57 Å². The second kappa shape index (κ2) is 8.37. The highest BCUT2D eigenvalue weighted by atomic mass is 35.5. The Bertz CT molecular complexity index is 691. The maximum absolute atomic E-state index is 14.0. The van der Waals surface area contributed by atoms with E-state index in [-0.39, 0.29) is 11.9 Å². The molecular weight excluding hydrogens is 336 g/mol. The van der Waals surface area contributed by atoms with E-state index in [0.717, 1.165) is 12.0 Å². The molecule has 2 rings (SSSR count). The molecule has 5 heteroatoms. The number of rotatable bonds is 5. The Morgan fingerprint density at radius 1 is 1.52 bits per heavy atom. The monoisotopic (exact) mass is 353 g/mol. The molecule has 0 aromatic heterocycles. The van der Waals surface area contributed by atoms with Crippen molar-refractivity contribution in [2.45, 2.75) is 18.9 Å². The smallest absolute Gasteiger partial charge is 0.131 e. The number of hydrogen-bond acceptors (Lipinski definition) is 2. The average molecular weight is 354 g/mol. The normalized spacial score (nSPS) is 16.4. The number of nitrogens with two attached hydrogens (primary N) is 1. The largest absolute Gasteiger partial charge is 0.488 e. The molecule has 0 fully saturated rings. The van der Waals surface area contributed by atoms with Crippen LogP contribution in [0.4, 0.5) is 4.39 Å². The predicted octanol–water partition coefficient (Wildman–Crippen LogP) is 4.56. The molecule has 0 saturated carbocycles. The summed E-state index contributed by atoms with van der Waals surface area (Å²) in [4.78, 5) is 0. The van der Waals surface area contributed by atoms with Gasteiger partial charge in [-0.05, 0) is 42.7 Å². The van der Waals surface area contributed by atoms with E-state index in [0.29, 0.717) is 40.8 Å². The maximum Gasteiger partial charge on any atom is 0.131 e. The van der Waals surface area contributed by atoms with Crippen LogP contribution in [-0.4, -0.2) is 18.5 Å². The molecule has 1 aromatic carbocycles. The zero-order valence-corrected chi connectivity index (χ0v) is 14.1. The van der Waals surface area contributed by atoms with Crippen molar-refractivity contribution in [3.8, 4) is 5.75 Å².